The second-order valence-electron chi connectivity index (χ2n) is 8.44. The summed E-state index contributed by atoms with van der Waals surface area (Å²) in [6, 6.07) is 11.2. The third-order valence-corrected chi connectivity index (χ3v) is 8.38. The first-order valence-electron chi connectivity index (χ1n) is 10.9. The molecule has 2 aromatic heterocycles. The summed E-state index contributed by atoms with van der Waals surface area (Å²) in [5.74, 6) is -0.735. The van der Waals surface area contributed by atoms with Crippen LogP contribution in [0.2, 0.25) is 0 Å². The quantitative estimate of drug-likeness (QED) is 0.189. The van der Waals surface area contributed by atoms with E-state index < -0.39 is 23.2 Å². The van der Waals surface area contributed by atoms with E-state index in [1.165, 1.54) is 58.5 Å². The van der Waals surface area contributed by atoms with Crippen molar-refractivity contribution in [2.24, 2.45) is 0 Å². The maximum Gasteiger partial charge on any atom is 0.197 e. The molecule has 2 aliphatic heterocycles. The van der Waals surface area contributed by atoms with Crippen LogP contribution in [0.1, 0.15) is 11.1 Å². The van der Waals surface area contributed by atoms with Gasteiger partial charge in [0.1, 0.15) is 51.2 Å². The lowest BCUT2D eigenvalue weighted by Crippen LogP contribution is -2.23. The summed E-state index contributed by atoms with van der Waals surface area (Å²) in [6.07, 6.45) is 2.85. The first-order chi connectivity index (χ1) is 17.4. The van der Waals surface area contributed by atoms with Gasteiger partial charge in [-0.05, 0) is 57.0 Å². The van der Waals surface area contributed by atoms with Gasteiger partial charge in [0, 0.05) is 0 Å². The SMILES string of the molecule is [B]C1OC1(Cn1ncnc1SSc1ncnn1CC1(c2cccc(F)c2)OC1[B])c1cccc(F)c1. The highest BCUT2D eigenvalue weighted by Gasteiger charge is 2.56. The van der Waals surface area contributed by atoms with E-state index in [1.807, 2.05) is 0 Å². The van der Waals surface area contributed by atoms with Crippen LogP contribution in [0.3, 0.4) is 0 Å². The number of hydrogen-bond acceptors (Lipinski definition) is 8. The van der Waals surface area contributed by atoms with Crippen LogP contribution in [0.15, 0.2) is 71.5 Å². The minimum absolute atomic E-state index is 0.262. The number of epoxide rings is 2. The molecule has 0 spiro atoms. The largest absolute Gasteiger partial charge is 0.370 e. The molecule has 8 nitrogen and oxygen atoms in total. The molecule has 4 radical (unpaired) electrons. The van der Waals surface area contributed by atoms with Gasteiger partial charge in [-0.25, -0.2) is 28.1 Å². The Kier molecular flexibility index (Phi) is 5.94. The van der Waals surface area contributed by atoms with Crippen LogP contribution in [-0.2, 0) is 33.8 Å². The smallest absolute Gasteiger partial charge is 0.197 e. The summed E-state index contributed by atoms with van der Waals surface area (Å²) >= 11 is 0. The van der Waals surface area contributed by atoms with Gasteiger partial charge in [-0.1, -0.05) is 24.3 Å². The average molecular weight is 520 g/mol. The fraction of sp³-hybridized carbons (Fsp3) is 0.273. The molecular weight excluding hydrogens is 504 g/mol. The van der Waals surface area contributed by atoms with Crippen molar-refractivity contribution in [1.82, 2.24) is 29.5 Å². The van der Waals surface area contributed by atoms with Gasteiger partial charge in [0.25, 0.3) is 0 Å². The molecule has 14 heteroatoms. The summed E-state index contributed by atoms with van der Waals surface area (Å²) in [5.41, 5.74) is -0.492. The van der Waals surface area contributed by atoms with Crippen molar-refractivity contribution in [3.05, 3.63) is 83.9 Å². The van der Waals surface area contributed by atoms with E-state index in [4.69, 9.17) is 25.2 Å². The number of ether oxygens (including phenoxy) is 2. The van der Waals surface area contributed by atoms with Gasteiger partial charge in [0.2, 0.25) is 0 Å². The zero-order valence-electron chi connectivity index (χ0n) is 18.6. The summed E-state index contributed by atoms with van der Waals surface area (Å²) in [4.78, 5) is 8.66. The van der Waals surface area contributed by atoms with Crippen molar-refractivity contribution in [1.29, 1.82) is 0 Å². The highest BCUT2D eigenvalue weighted by atomic mass is 33.1. The van der Waals surface area contributed by atoms with E-state index in [0.717, 1.165) is 0 Å². The molecule has 0 aliphatic carbocycles. The number of nitrogens with zero attached hydrogens (tertiary/aromatic N) is 6. The molecule has 0 N–H and O–H groups in total. The fourth-order valence-corrected chi connectivity index (χ4v) is 6.11. The Hall–Kier alpha value is -2.67. The number of aromatic nitrogens is 6. The molecule has 2 aliphatic rings. The first-order valence-corrected chi connectivity index (χ1v) is 13.0. The molecule has 2 aromatic carbocycles. The third-order valence-electron chi connectivity index (χ3n) is 6.23. The topological polar surface area (TPSA) is 86.5 Å². The second kappa shape index (κ2) is 9.02. The fourth-order valence-electron chi connectivity index (χ4n) is 4.16. The molecule has 0 bridgehead atoms. The number of halogens is 2. The van der Waals surface area contributed by atoms with Gasteiger partial charge in [-0.2, -0.15) is 10.2 Å². The summed E-state index contributed by atoms with van der Waals surface area (Å²) < 4.78 is 42.3. The van der Waals surface area contributed by atoms with Crippen LogP contribution < -0.4 is 0 Å². The van der Waals surface area contributed by atoms with Crippen LogP contribution in [0, 0.1) is 11.6 Å². The van der Waals surface area contributed by atoms with E-state index >= 15 is 0 Å². The lowest BCUT2D eigenvalue weighted by Gasteiger charge is -2.16. The van der Waals surface area contributed by atoms with E-state index in [9.17, 15) is 8.78 Å². The molecule has 4 aromatic rings. The Morgan fingerprint density at radius 2 is 1.19 bits per heavy atom. The number of benzene rings is 2. The van der Waals surface area contributed by atoms with E-state index in [-0.39, 0.29) is 24.7 Å². The average Bonchev–Trinajstić information content (AvgIpc) is 3.50. The van der Waals surface area contributed by atoms with Crippen molar-refractivity contribution in [3.8, 4) is 0 Å². The molecule has 4 heterocycles. The molecule has 4 unspecified atom stereocenters. The predicted molar refractivity (Wildman–Crippen MR) is 129 cm³/mol. The maximum atomic E-state index is 13.8. The Morgan fingerprint density at radius 3 is 1.56 bits per heavy atom. The van der Waals surface area contributed by atoms with Crippen LogP contribution >= 0.6 is 21.6 Å². The molecule has 6 rings (SSSR count). The van der Waals surface area contributed by atoms with Gasteiger partial charge in [-0.3, -0.25) is 0 Å². The third kappa shape index (κ3) is 4.25. The summed E-state index contributed by atoms with van der Waals surface area (Å²) in [5, 5.41) is 9.75. The maximum absolute atomic E-state index is 13.8. The zero-order valence-corrected chi connectivity index (χ0v) is 20.2. The van der Waals surface area contributed by atoms with Gasteiger partial charge < -0.3 is 9.47 Å². The minimum atomic E-state index is -0.882. The lowest BCUT2D eigenvalue weighted by atomic mass is 9.85. The first kappa shape index (κ1) is 23.7. The van der Waals surface area contributed by atoms with Crippen LogP contribution in [0.4, 0.5) is 8.78 Å². The Morgan fingerprint density at radius 1 is 0.778 bits per heavy atom. The summed E-state index contributed by atoms with van der Waals surface area (Å²) in [7, 11) is 14.8. The van der Waals surface area contributed by atoms with Gasteiger partial charge in [0.15, 0.2) is 10.3 Å². The molecule has 178 valence electrons. The molecular formula is C22H16B2F2N6O2S2. The van der Waals surface area contributed by atoms with Crippen LogP contribution in [0.5, 0.6) is 0 Å². The number of rotatable bonds is 9. The zero-order chi connectivity index (χ0) is 24.9. The predicted octanol–water partition coefficient (Wildman–Crippen LogP) is 2.79. The molecule has 4 atom stereocenters. The van der Waals surface area contributed by atoms with Crippen molar-refractivity contribution in [2.45, 2.75) is 46.6 Å². The molecule has 0 amide bonds. The number of hydrogen-bond donors (Lipinski definition) is 0. The Balaban J connectivity index is 1.17. The highest BCUT2D eigenvalue weighted by Crippen LogP contribution is 2.48. The molecule has 0 saturated carbocycles. The highest BCUT2D eigenvalue weighted by molar-refractivity contribution is 8.76. The molecule has 36 heavy (non-hydrogen) atoms. The Labute approximate surface area is 215 Å². The minimum Gasteiger partial charge on any atom is -0.370 e. The van der Waals surface area contributed by atoms with Crippen LogP contribution in [0.25, 0.3) is 0 Å². The molecule has 2 saturated heterocycles. The van der Waals surface area contributed by atoms with E-state index in [0.29, 0.717) is 21.4 Å². The monoisotopic (exact) mass is 520 g/mol. The second-order valence-corrected chi connectivity index (χ2v) is 10.5. The van der Waals surface area contributed by atoms with Gasteiger partial charge in [0.05, 0.1) is 25.1 Å². The Bertz CT molecular complexity index is 1320. The van der Waals surface area contributed by atoms with Gasteiger partial charge >= 0.3 is 0 Å². The summed E-state index contributed by atoms with van der Waals surface area (Å²) in [6.45, 7) is 0.525. The van der Waals surface area contributed by atoms with E-state index in [2.05, 4.69) is 20.2 Å². The van der Waals surface area contributed by atoms with Crippen molar-refractivity contribution < 1.29 is 18.3 Å². The normalized spacial score (nSPS) is 26.7. The van der Waals surface area contributed by atoms with Crippen molar-refractivity contribution in [3.63, 3.8) is 0 Å². The van der Waals surface area contributed by atoms with Crippen LogP contribution in [-0.4, -0.2) is 57.2 Å². The molecule has 2 fully saturated rings. The van der Waals surface area contributed by atoms with E-state index in [1.54, 1.807) is 33.6 Å². The lowest BCUT2D eigenvalue weighted by molar-refractivity contribution is 0.259. The van der Waals surface area contributed by atoms with Crippen molar-refractivity contribution >= 4 is 37.3 Å². The van der Waals surface area contributed by atoms with Crippen molar-refractivity contribution in [2.75, 3.05) is 0 Å². The van der Waals surface area contributed by atoms with Gasteiger partial charge in [-0.15, -0.1) is 0 Å². The standard InChI is InChI=1S/C22H16B2F2N6O2S2/c23-17-21(33-17,13-3-1-5-15(25)7-13)9-31-19(27-11-29-31)35-36-20-28-12-30-32(20)10-22(18(24)34-22)14-4-2-6-16(26)8-14/h1-8,11-12,17-18H,9-10H2.